The van der Waals surface area contributed by atoms with Crippen LogP contribution in [0, 0.1) is 5.92 Å². The average molecular weight is 230 g/mol. The second-order valence-electron chi connectivity index (χ2n) is 5.18. The van der Waals surface area contributed by atoms with Crippen LogP contribution in [0.2, 0.25) is 0 Å². The molecule has 1 heterocycles. The quantitative estimate of drug-likeness (QED) is 0.862. The molecular weight excluding hydrogens is 212 g/mol. The molecule has 0 bridgehead atoms. The summed E-state index contributed by atoms with van der Waals surface area (Å²) >= 11 is 0. The van der Waals surface area contributed by atoms with E-state index in [0.717, 1.165) is 36.7 Å². The summed E-state index contributed by atoms with van der Waals surface area (Å²) in [5, 5.41) is 3.32. The molecule has 0 unspecified atom stereocenters. The molecule has 3 rings (SSSR count). The maximum atomic E-state index is 12.2. The van der Waals surface area contributed by atoms with Crippen molar-refractivity contribution in [2.75, 3.05) is 25.5 Å². The third-order valence-corrected chi connectivity index (χ3v) is 3.64. The van der Waals surface area contributed by atoms with E-state index in [-0.39, 0.29) is 5.91 Å². The van der Waals surface area contributed by atoms with E-state index in [1.54, 1.807) is 0 Å². The molecule has 2 aliphatic rings. The van der Waals surface area contributed by atoms with Gasteiger partial charge in [-0.15, -0.1) is 0 Å². The molecule has 1 N–H and O–H groups in total. The van der Waals surface area contributed by atoms with Crippen LogP contribution in [0.3, 0.4) is 0 Å². The van der Waals surface area contributed by atoms with E-state index in [0.29, 0.717) is 0 Å². The highest BCUT2D eigenvalue weighted by Gasteiger charge is 2.25. The first-order chi connectivity index (χ1) is 8.24. The van der Waals surface area contributed by atoms with Gasteiger partial charge in [0.15, 0.2) is 0 Å². The zero-order valence-corrected chi connectivity index (χ0v) is 10.2. The monoisotopic (exact) mass is 230 g/mol. The van der Waals surface area contributed by atoms with Crippen molar-refractivity contribution in [3.05, 3.63) is 29.3 Å². The van der Waals surface area contributed by atoms with E-state index in [4.69, 9.17) is 0 Å². The summed E-state index contributed by atoms with van der Waals surface area (Å²) in [4.78, 5) is 14.1. The third kappa shape index (κ3) is 2.14. The fourth-order valence-corrected chi connectivity index (χ4v) is 2.41. The number of nitrogens with one attached hydrogen (secondary N) is 1. The summed E-state index contributed by atoms with van der Waals surface area (Å²) < 4.78 is 0. The summed E-state index contributed by atoms with van der Waals surface area (Å²) in [6, 6.07) is 6.03. The highest BCUT2D eigenvalue weighted by atomic mass is 16.2. The molecule has 0 aromatic heterocycles. The van der Waals surface area contributed by atoms with Crippen molar-refractivity contribution in [3.8, 4) is 0 Å². The van der Waals surface area contributed by atoms with Gasteiger partial charge in [0, 0.05) is 31.4 Å². The molecule has 1 aromatic carbocycles. The Morgan fingerprint density at radius 3 is 3.06 bits per heavy atom. The Labute approximate surface area is 102 Å². The molecule has 3 nitrogen and oxygen atoms in total. The van der Waals surface area contributed by atoms with Gasteiger partial charge in [0.1, 0.15) is 0 Å². The predicted molar refractivity (Wildman–Crippen MR) is 68.3 cm³/mol. The Kier molecular flexibility index (Phi) is 2.54. The lowest BCUT2D eigenvalue weighted by Crippen LogP contribution is -2.28. The minimum atomic E-state index is 0.147. The van der Waals surface area contributed by atoms with Crippen molar-refractivity contribution >= 4 is 11.6 Å². The largest absolute Gasteiger partial charge is 0.384 e. The highest BCUT2D eigenvalue weighted by molar-refractivity contribution is 5.95. The molecule has 1 saturated carbocycles. The molecule has 0 atom stereocenters. The lowest BCUT2D eigenvalue weighted by molar-refractivity contribution is 0.0789. The van der Waals surface area contributed by atoms with Crippen molar-refractivity contribution in [1.29, 1.82) is 0 Å². The van der Waals surface area contributed by atoms with Crippen LogP contribution in [0.15, 0.2) is 18.2 Å². The van der Waals surface area contributed by atoms with Gasteiger partial charge in [0.25, 0.3) is 5.91 Å². The lowest BCUT2D eigenvalue weighted by atomic mass is 10.1. The van der Waals surface area contributed by atoms with Crippen molar-refractivity contribution in [2.45, 2.75) is 19.3 Å². The first kappa shape index (κ1) is 10.6. The molecule has 90 valence electrons. The first-order valence-electron chi connectivity index (χ1n) is 6.36. The molecular formula is C14H18N2O. The third-order valence-electron chi connectivity index (χ3n) is 3.64. The molecule has 17 heavy (non-hydrogen) atoms. The summed E-state index contributed by atoms with van der Waals surface area (Å²) in [5.74, 6) is 0.893. The smallest absolute Gasteiger partial charge is 0.253 e. The van der Waals surface area contributed by atoms with Gasteiger partial charge >= 0.3 is 0 Å². The van der Waals surface area contributed by atoms with Crippen LogP contribution in [0.4, 0.5) is 5.69 Å². The zero-order valence-electron chi connectivity index (χ0n) is 10.2. The van der Waals surface area contributed by atoms with Crippen molar-refractivity contribution in [2.24, 2.45) is 5.92 Å². The van der Waals surface area contributed by atoms with E-state index < -0.39 is 0 Å². The molecule has 0 spiro atoms. The van der Waals surface area contributed by atoms with Crippen LogP contribution < -0.4 is 5.32 Å². The van der Waals surface area contributed by atoms with Gasteiger partial charge in [0.2, 0.25) is 0 Å². The highest BCUT2D eigenvalue weighted by Crippen LogP contribution is 2.30. The van der Waals surface area contributed by atoms with Crippen molar-refractivity contribution < 1.29 is 4.79 Å². The van der Waals surface area contributed by atoms with Crippen molar-refractivity contribution in [3.63, 3.8) is 0 Å². The second kappa shape index (κ2) is 4.06. The first-order valence-corrected chi connectivity index (χ1v) is 6.36. The minimum Gasteiger partial charge on any atom is -0.384 e. The molecule has 1 amide bonds. The van der Waals surface area contributed by atoms with E-state index in [9.17, 15) is 4.79 Å². The zero-order chi connectivity index (χ0) is 11.8. The van der Waals surface area contributed by atoms with Gasteiger partial charge in [-0.25, -0.2) is 0 Å². The van der Waals surface area contributed by atoms with Gasteiger partial charge in [-0.05, 0) is 42.9 Å². The Morgan fingerprint density at radius 1 is 1.47 bits per heavy atom. The number of hydrogen-bond acceptors (Lipinski definition) is 2. The number of fused-ring (bicyclic) bond motifs is 1. The number of amides is 1. The Morgan fingerprint density at radius 2 is 2.29 bits per heavy atom. The van der Waals surface area contributed by atoms with Gasteiger partial charge in [-0.2, -0.15) is 0 Å². The molecule has 3 heteroatoms. The van der Waals surface area contributed by atoms with E-state index >= 15 is 0 Å². The normalized spacial score (nSPS) is 17.5. The Balaban J connectivity index is 1.76. The summed E-state index contributed by atoms with van der Waals surface area (Å²) in [5.41, 5.74) is 3.27. The fraction of sp³-hybridized carbons (Fsp3) is 0.500. The van der Waals surface area contributed by atoms with E-state index in [2.05, 4.69) is 11.4 Å². The number of anilines is 1. The van der Waals surface area contributed by atoms with E-state index in [1.165, 1.54) is 18.4 Å². The standard InChI is InChI=1S/C14H18N2O/c1-16(9-10-2-3-10)14(17)12-5-4-11-6-7-15-13(11)8-12/h4-5,8,10,15H,2-3,6-7,9H2,1H3. The van der Waals surface area contributed by atoms with Crippen LogP contribution in [0.25, 0.3) is 0 Å². The molecule has 1 fully saturated rings. The summed E-state index contributed by atoms with van der Waals surface area (Å²) in [6.07, 6.45) is 3.63. The number of nitrogens with zero attached hydrogens (tertiary/aromatic N) is 1. The van der Waals surface area contributed by atoms with Gasteiger partial charge in [-0.1, -0.05) is 6.07 Å². The molecule has 1 aromatic rings. The Hall–Kier alpha value is -1.51. The van der Waals surface area contributed by atoms with Crippen LogP contribution in [-0.2, 0) is 6.42 Å². The maximum absolute atomic E-state index is 12.2. The number of benzene rings is 1. The SMILES string of the molecule is CN(CC1CC1)C(=O)c1ccc2c(c1)NCC2. The topological polar surface area (TPSA) is 32.3 Å². The Bertz CT molecular complexity index is 452. The number of carbonyl (C=O) groups excluding carboxylic acids is 1. The fourth-order valence-electron chi connectivity index (χ4n) is 2.41. The average Bonchev–Trinajstić information content (AvgIpc) is 3.02. The number of hydrogen-bond donors (Lipinski definition) is 1. The number of rotatable bonds is 3. The second-order valence-corrected chi connectivity index (χ2v) is 5.18. The van der Waals surface area contributed by atoms with Crippen LogP contribution >= 0.6 is 0 Å². The number of carbonyl (C=O) groups is 1. The van der Waals surface area contributed by atoms with E-state index in [1.807, 2.05) is 24.1 Å². The maximum Gasteiger partial charge on any atom is 0.253 e. The van der Waals surface area contributed by atoms with Gasteiger partial charge < -0.3 is 10.2 Å². The molecule has 0 radical (unpaired) electrons. The minimum absolute atomic E-state index is 0.147. The van der Waals surface area contributed by atoms with Crippen LogP contribution in [0.1, 0.15) is 28.8 Å². The molecule has 1 aliphatic heterocycles. The van der Waals surface area contributed by atoms with Crippen LogP contribution in [-0.4, -0.2) is 30.9 Å². The van der Waals surface area contributed by atoms with Crippen molar-refractivity contribution in [1.82, 2.24) is 4.90 Å². The van der Waals surface area contributed by atoms with Gasteiger partial charge in [-0.3, -0.25) is 4.79 Å². The predicted octanol–water partition coefficient (Wildman–Crippen LogP) is 2.14. The van der Waals surface area contributed by atoms with Gasteiger partial charge in [0.05, 0.1) is 0 Å². The molecule has 0 saturated heterocycles. The van der Waals surface area contributed by atoms with Crippen LogP contribution in [0.5, 0.6) is 0 Å². The summed E-state index contributed by atoms with van der Waals surface area (Å²) in [6.45, 7) is 1.90. The lowest BCUT2D eigenvalue weighted by Gasteiger charge is -2.17. The summed E-state index contributed by atoms with van der Waals surface area (Å²) in [7, 11) is 1.90. The molecule has 1 aliphatic carbocycles.